The molecule has 0 saturated heterocycles. The van der Waals surface area contributed by atoms with Crippen LogP contribution in [0.5, 0.6) is 0 Å². The molecule has 0 amide bonds. The minimum Gasteiger partial charge on any atom is -0.480 e. The normalized spacial score (nSPS) is 10.4. The molecule has 2 atom stereocenters. The van der Waals surface area contributed by atoms with E-state index in [0.717, 1.165) is 0 Å². The molecule has 0 radical (unpaired) electrons. The van der Waals surface area contributed by atoms with Crippen LogP contribution in [0.25, 0.3) is 0 Å². The molecular formula is C6H20N5O2P. The second-order valence-corrected chi connectivity index (χ2v) is 2.39. The van der Waals surface area contributed by atoms with Crippen LogP contribution in [0.15, 0.2) is 4.99 Å². The van der Waals surface area contributed by atoms with Crippen LogP contribution in [-0.4, -0.2) is 29.6 Å². The van der Waals surface area contributed by atoms with Gasteiger partial charge in [0.05, 0.1) is 0 Å². The molecule has 10 N–H and O–H groups in total. The Hall–Kier alpha value is -0.910. The molecule has 0 aromatic carbocycles. The van der Waals surface area contributed by atoms with Gasteiger partial charge in [0.2, 0.25) is 0 Å². The maximum Gasteiger partial charge on any atom is 0.320 e. The summed E-state index contributed by atoms with van der Waals surface area (Å²) in [7, 11) is 0. The zero-order chi connectivity index (χ0) is 9.56. The first-order chi connectivity index (χ1) is 5.54. The van der Waals surface area contributed by atoms with Gasteiger partial charge in [0.25, 0.3) is 0 Å². The SMILES string of the molecule is N.NC(N)=NCCCC(N)C(=O)O.P. The molecule has 0 saturated carbocycles. The highest BCUT2D eigenvalue weighted by atomic mass is 31.0. The van der Waals surface area contributed by atoms with Crippen LogP contribution >= 0.6 is 9.90 Å². The predicted molar refractivity (Wildman–Crippen MR) is 61.6 cm³/mol. The van der Waals surface area contributed by atoms with Crippen LogP contribution in [0, 0.1) is 0 Å². The number of hydrogen-bond acceptors (Lipinski definition) is 4. The predicted octanol–water partition coefficient (Wildman–Crippen LogP) is -1.33. The smallest absolute Gasteiger partial charge is 0.320 e. The van der Waals surface area contributed by atoms with Gasteiger partial charge in [0.15, 0.2) is 5.96 Å². The van der Waals surface area contributed by atoms with Gasteiger partial charge in [-0.05, 0) is 12.8 Å². The van der Waals surface area contributed by atoms with Crippen LogP contribution in [0.1, 0.15) is 12.8 Å². The van der Waals surface area contributed by atoms with Gasteiger partial charge in [-0.15, -0.1) is 0 Å². The maximum absolute atomic E-state index is 10.2. The standard InChI is InChI=1S/C6H14N4O2.H3N.H3P/c7-4(5(11)12)2-1-3-10-6(8)9;;/h4H,1-3,7H2,(H,11,12)(H4,8,9,10);2*1H3. The van der Waals surface area contributed by atoms with E-state index in [1.165, 1.54) is 0 Å². The minimum atomic E-state index is -1.00. The quantitative estimate of drug-likeness (QED) is 0.168. The van der Waals surface area contributed by atoms with Gasteiger partial charge in [-0.25, -0.2) is 0 Å². The molecule has 14 heavy (non-hydrogen) atoms. The maximum atomic E-state index is 10.2. The van der Waals surface area contributed by atoms with E-state index in [1.54, 1.807) is 0 Å². The number of nitrogens with zero attached hydrogens (tertiary/aromatic N) is 1. The lowest BCUT2D eigenvalue weighted by Gasteiger charge is -2.03. The summed E-state index contributed by atoms with van der Waals surface area (Å²) in [6, 6.07) is -0.820. The fourth-order valence-corrected chi connectivity index (χ4v) is 0.643. The van der Waals surface area contributed by atoms with Gasteiger partial charge < -0.3 is 28.5 Å². The lowest BCUT2D eigenvalue weighted by atomic mass is 10.2. The molecule has 0 fully saturated rings. The third-order valence-electron chi connectivity index (χ3n) is 1.28. The van der Waals surface area contributed by atoms with E-state index in [0.29, 0.717) is 19.4 Å². The monoisotopic (exact) mass is 225 g/mol. The van der Waals surface area contributed by atoms with E-state index in [1.807, 2.05) is 0 Å². The van der Waals surface area contributed by atoms with Gasteiger partial charge in [-0.2, -0.15) is 9.90 Å². The number of carboxylic acids is 1. The van der Waals surface area contributed by atoms with Gasteiger partial charge in [0.1, 0.15) is 6.04 Å². The van der Waals surface area contributed by atoms with Gasteiger partial charge in [-0.1, -0.05) is 0 Å². The summed E-state index contributed by atoms with van der Waals surface area (Å²) in [6.07, 6.45) is 0.956. The Bertz CT molecular complexity index is 183. The number of guanidine groups is 1. The van der Waals surface area contributed by atoms with Crippen molar-refractivity contribution in [2.75, 3.05) is 6.54 Å². The van der Waals surface area contributed by atoms with Crippen molar-refractivity contribution in [2.45, 2.75) is 18.9 Å². The number of carboxylic acid groups (broad SMARTS) is 1. The van der Waals surface area contributed by atoms with Crippen LogP contribution in [0.2, 0.25) is 0 Å². The summed E-state index contributed by atoms with van der Waals surface area (Å²) in [5.74, 6) is -0.987. The topological polar surface area (TPSA) is 163 Å². The van der Waals surface area contributed by atoms with Crippen molar-refractivity contribution in [3.63, 3.8) is 0 Å². The van der Waals surface area contributed by atoms with E-state index in [4.69, 9.17) is 22.3 Å². The molecule has 2 unspecified atom stereocenters. The van der Waals surface area contributed by atoms with Crippen LogP contribution in [-0.2, 0) is 4.79 Å². The molecule has 0 heterocycles. The third-order valence-corrected chi connectivity index (χ3v) is 1.28. The van der Waals surface area contributed by atoms with Crippen LogP contribution < -0.4 is 23.4 Å². The van der Waals surface area contributed by atoms with Crippen molar-refractivity contribution >= 4 is 21.8 Å². The third kappa shape index (κ3) is 11.1. The van der Waals surface area contributed by atoms with E-state index < -0.39 is 12.0 Å². The first-order valence-electron chi connectivity index (χ1n) is 3.58. The summed E-state index contributed by atoms with van der Waals surface area (Å²) >= 11 is 0. The highest BCUT2D eigenvalue weighted by Crippen LogP contribution is 1.94. The molecule has 8 heteroatoms. The van der Waals surface area contributed by atoms with Crippen molar-refractivity contribution in [1.82, 2.24) is 6.15 Å². The molecule has 0 spiro atoms. The largest absolute Gasteiger partial charge is 0.480 e. The van der Waals surface area contributed by atoms with Crippen molar-refractivity contribution < 1.29 is 9.90 Å². The Morgan fingerprint density at radius 1 is 1.43 bits per heavy atom. The Labute approximate surface area is 86.3 Å². The summed E-state index contributed by atoms with van der Waals surface area (Å²) in [4.78, 5) is 13.9. The summed E-state index contributed by atoms with van der Waals surface area (Å²) in [6.45, 7) is 0.420. The van der Waals surface area contributed by atoms with Crippen molar-refractivity contribution in [1.29, 1.82) is 0 Å². The fourth-order valence-electron chi connectivity index (χ4n) is 0.643. The molecule has 0 rings (SSSR count). The number of nitrogens with two attached hydrogens (primary N) is 3. The summed E-state index contributed by atoms with van der Waals surface area (Å²) < 4.78 is 0. The molecule has 7 nitrogen and oxygen atoms in total. The average molecular weight is 225 g/mol. The Morgan fingerprint density at radius 3 is 2.29 bits per heavy atom. The molecule has 0 bridgehead atoms. The highest BCUT2D eigenvalue weighted by molar-refractivity contribution is 6.92. The number of carbonyl (C=O) groups is 1. The lowest BCUT2D eigenvalue weighted by Crippen LogP contribution is -2.30. The molecule has 0 aliphatic rings. The van der Waals surface area contributed by atoms with Gasteiger partial charge >= 0.3 is 5.97 Å². The van der Waals surface area contributed by atoms with Crippen LogP contribution in [0.3, 0.4) is 0 Å². The van der Waals surface area contributed by atoms with Crippen molar-refractivity contribution in [3.05, 3.63) is 0 Å². The number of rotatable bonds is 5. The second kappa shape index (κ2) is 10.2. The van der Waals surface area contributed by atoms with E-state index in [2.05, 4.69) is 4.99 Å². The Kier molecular flexibility index (Phi) is 13.7. The molecule has 0 aromatic heterocycles. The summed E-state index contributed by atoms with van der Waals surface area (Å²) in [5.41, 5.74) is 15.3. The fraction of sp³-hybridized carbons (Fsp3) is 0.667. The van der Waals surface area contributed by atoms with Gasteiger partial charge in [-0.3, -0.25) is 9.79 Å². The second-order valence-electron chi connectivity index (χ2n) is 2.39. The van der Waals surface area contributed by atoms with E-state index in [-0.39, 0.29) is 22.0 Å². The molecule has 0 aliphatic heterocycles. The van der Waals surface area contributed by atoms with Crippen LogP contribution in [0.4, 0.5) is 0 Å². The minimum absolute atomic E-state index is 0. The highest BCUT2D eigenvalue weighted by Gasteiger charge is 2.09. The molecular weight excluding hydrogens is 205 g/mol. The number of aliphatic imine (C=N–C) groups is 1. The average Bonchev–Trinajstić information content (AvgIpc) is 1.97. The zero-order valence-corrected chi connectivity index (χ0v) is 9.56. The zero-order valence-electron chi connectivity index (χ0n) is 8.15. The van der Waals surface area contributed by atoms with Crippen molar-refractivity contribution in [3.8, 4) is 0 Å². The Morgan fingerprint density at radius 2 is 1.93 bits per heavy atom. The first kappa shape index (κ1) is 18.8. The molecule has 0 aliphatic carbocycles. The Balaban J connectivity index is -0.000000605. The van der Waals surface area contributed by atoms with Crippen molar-refractivity contribution in [2.24, 2.45) is 22.2 Å². The van der Waals surface area contributed by atoms with E-state index in [9.17, 15) is 4.79 Å². The number of aliphatic carboxylic acids is 1. The molecule has 0 aromatic rings. The molecule has 86 valence electrons. The number of hydrogen-bond donors (Lipinski definition) is 5. The lowest BCUT2D eigenvalue weighted by molar-refractivity contribution is -0.138. The summed E-state index contributed by atoms with van der Waals surface area (Å²) in [5, 5.41) is 8.38. The van der Waals surface area contributed by atoms with Gasteiger partial charge in [0, 0.05) is 6.54 Å². The van der Waals surface area contributed by atoms with E-state index >= 15 is 0 Å². The first-order valence-corrected chi connectivity index (χ1v) is 3.58.